The monoisotopic (exact) mass is 279 g/mol. The fourth-order valence-corrected chi connectivity index (χ4v) is 2.44. The normalized spacial score (nSPS) is 14.2. The Bertz CT molecular complexity index is 620. The lowest BCUT2D eigenvalue weighted by atomic mass is 10.1. The third-order valence-corrected chi connectivity index (χ3v) is 3.68. The second-order valence-corrected chi connectivity index (χ2v) is 5.09. The van der Waals surface area contributed by atoms with Crippen LogP contribution in [0.1, 0.15) is 26.4 Å². The molecule has 0 radical (unpaired) electrons. The fourth-order valence-electron chi connectivity index (χ4n) is 1.82. The first kappa shape index (κ1) is 11.3. The van der Waals surface area contributed by atoms with Crippen molar-refractivity contribution in [3.8, 4) is 0 Å². The molecule has 5 nitrogen and oxygen atoms in total. The third-order valence-electron chi connectivity index (χ3n) is 2.70. The van der Waals surface area contributed by atoms with Crippen molar-refractivity contribution in [3.05, 3.63) is 45.4 Å². The predicted molar refractivity (Wildman–Crippen MR) is 65.6 cm³/mol. The van der Waals surface area contributed by atoms with Crippen LogP contribution in [0, 0.1) is 0 Å². The second kappa shape index (κ2) is 4.15. The smallest absolute Gasteiger partial charge is 0.261 e. The van der Waals surface area contributed by atoms with Crippen LogP contribution < -0.4 is 0 Å². The van der Waals surface area contributed by atoms with Crippen molar-refractivity contribution in [2.45, 2.75) is 6.54 Å². The summed E-state index contributed by atoms with van der Waals surface area (Å²) in [5, 5.41) is 3.80. The highest BCUT2D eigenvalue weighted by Gasteiger charge is 2.35. The number of fused-ring (bicyclic) bond motifs is 1. The Hall–Kier alpha value is -1.79. The van der Waals surface area contributed by atoms with Gasteiger partial charge in [0.2, 0.25) is 0 Å². The van der Waals surface area contributed by atoms with Crippen LogP contribution in [-0.2, 0) is 6.54 Å². The average Bonchev–Trinajstić information content (AvgIpc) is 2.89. The largest absolute Gasteiger partial charge is 0.269 e. The van der Waals surface area contributed by atoms with Gasteiger partial charge in [-0.05, 0) is 12.1 Å². The lowest BCUT2D eigenvalue weighted by Crippen LogP contribution is -2.29. The molecule has 0 saturated heterocycles. The third kappa shape index (κ3) is 1.61. The number of nitrogens with zero attached hydrogens (tertiary/aromatic N) is 3. The molecule has 2 heterocycles. The lowest BCUT2D eigenvalue weighted by molar-refractivity contribution is 0.0640. The molecule has 0 fully saturated rings. The van der Waals surface area contributed by atoms with E-state index in [4.69, 9.17) is 11.6 Å². The van der Waals surface area contributed by atoms with Gasteiger partial charge in [-0.15, -0.1) is 5.10 Å². The molecule has 0 unspecified atom stereocenters. The van der Waals surface area contributed by atoms with Gasteiger partial charge in [-0.1, -0.05) is 28.2 Å². The van der Waals surface area contributed by atoms with Crippen LogP contribution in [0.3, 0.4) is 0 Å². The highest BCUT2D eigenvalue weighted by molar-refractivity contribution is 7.10. The van der Waals surface area contributed by atoms with Crippen LogP contribution in [-0.4, -0.2) is 26.3 Å². The summed E-state index contributed by atoms with van der Waals surface area (Å²) in [5.74, 6) is -0.640. The van der Waals surface area contributed by atoms with E-state index in [2.05, 4.69) is 9.59 Å². The Balaban J connectivity index is 1.95. The van der Waals surface area contributed by atoms with E-state index >= 15 is 0 Å². The van der Waals surface area contributed by atoms with Crippen molar-refractivity contribution in [1.82, 2.24) is 14.5 Å². The molecule has 2 aromatic rings. The molecule has 2 amide bonds. The van der Waals surface area contributed by atoms with Crippen LogP contribution >= 0.6 is 23.1 Å². The number of carbonyl (C=O) groups excluding carboxylic acids is 2. The van der Waals surface area contributed by atoms with Crippen LogP contribution in [0.2, 0.25) is 4.34 Å². The standard InChI is InChI=1S/C11H6ClN3O2S/c12-9-8(13-14-18-9)5-15-10(16)6-3-1-2-4-7(6)11(15)17/h1-4H,5H2. The molecule has 0 atom stereocenters. The minimum atomic E-state index is -0.320. The molecular weight excluding hydrogens is 274 g/mol. The fraction of sp³-hybridized carbons (Fsp3) is 0.0909. The zero-order valence-electron chi connectivity index (χ0n) is 8.96. The van der Waals surface area contributed by atoms with E-state index in [0.29, 0.717) is 21.2 Å². The van der Waals surface area contributed by atoms with E-state index in [1.807, 2.05) is 0 Å². The maximum Gasteiger partial charge on any atom is 0.261 e. The van der Waals surface area contributed by atoms with Gasteiger partial charge < -0.3 is 0 Å². The van der Waals surface area contributed by atoms with Gasteiger partial charge in [0.05, 0.1) is 17.7 Å². The summed E-state index contributed by atoms with van der Waals surface area (Å²) in [7, 11) is 0. The molecule has 0 saturated carbocycles. The van der Waals surface area contributed by atoms with Gasteiger partial charge in [-0.2, -0.15) is 0 Å². The maximum atomic E-state index is 12.1. The molecule has 0 aliphatic carbocycles. The van der Waals surface area contributed by atoms with E-state index < -0.39 is 0 Å². The quantitative estimate of drug-likeness (QED) is 0.789. The number of carbonyl (C=O) groups is 2. The minimum Gasteiger partial charge on any atom is -0.269 e. The van der Waals surface area contributed by atoms with Gasteiger partial charge >= 0.3 is 0 Å². The van der Waals surface area contributed by atoms with E-state index in [0.717, 1.165) is 16.4 Å². The number of halogens is 1. The number of hydrogen-bond donors (Lipinski definition) is 0. The molecule has 0 spiro atoms. The van der Waals surface area contributed by atoms with Crippen molar-refractivity contribution >= 4 is 34.9 Å². The summed E-state index contributed by atoms with van der Waals surface area (Å²) >= 11 is 6.90. The molecule has 0 N–H and O–H groups in total. The predicted octanol–water partition coefficient (Wildman–Crippen LogP) is 1.99. The van der Waals surface area contributed by atoms with Gasteiger partial charge in [0, 0.05) is 11.5 Å². The number of hydrogen-bond acceptors (Lipinski definition) is 5. The van der Waals surface area contributed by atoms with Gasteiger partial charge in [-0.25, -0.2) is 0 Å². The van der Waals surface area contributed by atoms with Crippen molar-refractivity contribution in [2.24, 2.45) is 0 Å². The van der Waals surface area contributed by atoms with E-state index in [-0.39, 0.29) is 18.4 Å². The molecular formula is C11H6ClN3O2S. The highest BCUT2D eigenvalue weighted by atomic mass is 35.5. The first-order chi connectivity index (χ1) is 8.68. The zero-order chi connectivity index (χ0) is 12.7. The summed E-state index contributed by atoms with van der Waals surface area (Å²) in [6.07, 6.45) is 0. The molecule has 7 heteroatoms. The zero-order valence-corrected chi connectivity index (χ0v) is 10.5. The number of amides is 2. The Morgan fingerprint density at radius 3 is 2.28 bits per heavy atom. The van der Waals surface area contributed by atoms with Crippen LogP contribution in [0.15, 0.2) is 24.3 Å². The molecule has 18 heavy (non-hydrogen) atoms. The van der Waals surface area contributed by atoms with Crippen molar-refractivity contribution in [3.63, 3.8) is 0 Å². The van der Waals surface area contributed by atoms with Gasteiger partial charge in [0.1, 0.15) is 10.0 Å². The van der Waals surface area contributed by atoms with Crippen LogP contribution in [0.4, 0.5) is 0 Å². The van der Waals surface area contributed by atoms with Crippen molar-refractivity contribution < 1.29 is 9.59 Å². The second-order valence-electron chi connectivity index (χ2n) is 3.74. The summed E-state index contributed by atoms with van der Waals surface area (Å²) in [4.78, 5) is 25.3. The number of aromatic nitrogens is 2. The molecule has 1 aromatic carbocycles. The van der Waals surface area contributed by atoms with Gasteiger partial charge in [0.15, 0.2) is 0 Å². The molecule has 0 bridgehead atoms. The van der Waals surface area contributed by atoms with Crippen molar-refractivity contribution in [1.29, 1.82) is 0 Å². The SMILES string of the molecule is O=C1c2ccccc2C(=O)N1Cc1nnsc1Cl. The Labute approximate surface area is 111 Å². The van der Waals surface area contributed by atoms with E-state index in [1.54, 1.807) is 24.3 Å². The lowest BCUT2D eigenvalue weighted by Gasteiger charge is -2.11. The molecule has 1 aliphatic rings. The summed E-state index contributed by atoms with van der Waals surface area (Å²) in [5.41, 5.74) is 1.28. The Morgan fingerprint density at radius 1 is 1.17 bits per heavy atom. The molecule has 90 valence electrons. The van der Waals surface area contributed by atoms with Crippen LogP contribution in [0.25, 0.3) is 0 Å². The van der Waals surface area contributed by atoms with E-state index in [1.165, 1.54) is 0 Å². The van der Waals surface area contributed by atoms with Crippen molar-refractivity contribution in [2.75, 3.05) is 0 Å². The van der Waals surface area contributed by atoms with Gasteiger partial charge in [-0.3, -0.25) is 14.5 Å². The minimum absolute atomic E-state index is 0.0572. The maximum absolute atomic E-state index is 12.1. The number of imide groups is 1. The average molecular weight is 280 g/mol. The molecule has 3 rings (SSSR count). The summed E-state index contributed by atoms with van der Waals surface area (Å²) in [6, 6.07) is 6.72. The van der Waals surface area contributed by atoms with Crippen LogP contribution in [0.5, 0.6) is 0 Å². The summed E-state index contributed by atoms with van der Waals surface area (Å²) in [6.45, 7) is 0.0572. The van der Waals surface area contributed by atoms with Gasteiger partial charge in [0.25, 0.3) is 11.8 Å². The number of benzene rings is 1. The Morgan fingerprint density at radius 2 is 1.78 bits per heavy atom. The van der Waals surface area contributed by atoms with E-state index in [9.17, 15) is 9.59 Å². The first-order valence-electron chi connectivity index (χ1n) is 5.10. The molecule has 1 aromatic heterocycles. The first-order valence-corrected chi connectivity index (χ1v) is 6.25. The highest BCUT2D eigenvalue weighted by Crippen LogP contribution is 2.26. The number of rotatable bonds is 2. The summed E-state index contributed by atoms with van der Waals surface area (Å²) < 4.78 is 4.07. The molecule has 1 aliphatic heterocycles. The Kier molecular flexibility index (Phi) is 2.61. The topological polar surface area (TPSA) is 63.2 Å².